The molecular weight excluding hydrogens is 186 g/mol. The van der Waals surface area contributed by atoms with Crippen LogP contribution in [0.25, 0.3) is 0 Å². The molecule has 1 unspecified atom stereocenters. The van der Waals surface area contributed by atoms with Crippen molar-refractivity contribution in [3.63, 3.8) is 0 Å². The lowest BCUT2D eigenvalue weighted by Gasteiger charge is -2.08. The Hall–Kier alpha value is -0.560. The van der Waals surface area contributed by atoms with Crippen LogP contribution in [-0.2, 0) is 4.79 Å². The highest BCUT2D eigenvalue weighted by Crippen LogP contribution is 2.20. The van der Waals surface area contributed by atoms with E-state index < -0.39 is 10.3 Å². The summed E-state index contributed by atoms with van der Waals surface area (Å²) in [5, 5.41) is 16.6. The number of alkyl halides is 1. The molecule has 0 amide bonds. The zero-order chi connectivity index (χ0) is 7.49. The van der Waals surface area contributed by atoms with Crippen molar-refractivity contribution in [1.82, 2.24) is 0 Å². The number of rotatable bonds is 2. The van der Waals surface area contributed by atoms with Gasteiger partial charge in [0, 0.05) is 0 Å². The Labute approximate surface area is 61.4 Å². The van der Waals surface area contributed by atoms with Crippen molar-refractivity contribution in [1.29, 1.82) is 5.26 Å². The second-order valence-electron chi connectivity index (χ2n) is 1.57. The number of halogens is 1. The Balaban J connectivity index is 4.33. The quantitative estimate of drug-likeness (QED) is 0.667. The minimum absolute atomic E-state index is 0.263. The van der Waals surface area contributed by atoms with Crippen molar-refractivity contribution in [3.8, 4) is 6.07 Å². The summed E-state index contributed by atoms with van der Waals surface area (Å²) in [7, 11) is 0. The maximum absolute atomic E-state index is 10.2. The number of carboxylic acids is 1. The van der Waals surface area contributed by atoms with E-state index in [-0.39, 0.29) is 6.42 Å². The fourth-order valence-electron chi connectivity index (χ4n) is 0.278. The Morgan fingerprint density at radius 2 is 2.44 bits per heavy atom. The van der Waals surface area contributed by atoms with Gasteiger partial charge in [-0.05, 0) is 6.42 Å². The van der Waals surface area contributed by atoms with E-state index in [1.54, 1.807) is 13.0 Å². The Morgan fingerprint density at radius 1 is 2.00 bits per heavy atom. The largest absolute Gasteiger partial charge is 0.479 e. The van der Waals surface area contributed by atoms with Gasteiger partial charge in [0.2, 0.25) is 4.32 Å². The molecule has 0 heterocycles. The molecule has 0 aromatic rings. The molecule has 0 spiro atoms. The molecule has 1 N–H and O–H groups in total. The third kappa shape index (κ3) is 1.68. The highest BCUT2D eigenvalue weighted by Gasteiger charge is 2.33. The van der Waals surface area contributed by atoms with E-state index >= 15 is 0 Å². The van der Waals surface area contributed by atoms with E-state index in [9.17, 15) is 4.79 Å². The Morgan fingerprint density at radius 3 is 2.44 bits per heavy atom. The van der Waals surface area contributed by atoms with Gasteiger partial charge in [0.25, 0.3) is 0 Å². The summed E-state index contributed by atoms with van der Waals surface area (Å²) >= 11 is 2.79. The SMILES string of the molecule is CCC(Br)(C#N)C(=O)O. The van der Waals surface area contributed by atoms with Gasteiger partial charge in [-0.25, -0.2) is 4.79 Å². The highest BCUT2D eigenvalue weighted by atomic mass is 79.9. The van der Waals surface area contributed by atoms with Gasteiger partial charge in [0.1, 0.15) is 0 Å². The molecule has 0 aliphatic heterocycles. The van der Waals surface area contributed by atoms with Gasteiger partial charge in [0.15, 0.2) is 0 Å². The van der Waals surface area contributed by atoms with Crippen LogP contribution in [0.3, 0.4) is 0 Å². The number of nitrogens with zero attached hydrogens (tertiary/aromatic N) is 1. The van der Waals surface area contributed by atoms with E-state index in [2.05, 4.69) is 15.9 Å². The van der Waals surface area contributed by atoms with E-state index in [4.69, 9.17) is 10.4 Å². The lowest BCUT2D eigenvalue weighted by molar-refractivity contribution is -0.138. The topological polar surface area (TPSA) is 61.1 Å². The van der Waals surface area contributed by atoms with Crippen molar-refractivity contribution < 1.29 is 9.90 Å². The number of hydrogen-bond acceptors (Lipinski definition) is 2. The van der Waals surface area contributed by atoms with E-state index in [1.807, 2.05) is 0 Å². The van der Waals surface area contributed by atoms with Crippen LogP contribution in [0.4, 0.5) is 0 Å². The summed E-state index contributed by atoms with van der Waals surface area (Å²) in [6.45, 7) is 1.63. The van der Waals surface area contributed by atoms with Crippen LogP contribution in [0.5, 0.6) is 0 Å². The zero-order valence-electron chi connectivity index (χ0n) is 4.89. The number of carboxylic acid groups (broad SMARTS) is 1. The third-order valence-electron chi connectivity index (χ3n) is 1.00. The molecule has 50 valence electrons. The van der Waals surface area contributed by atoms with Crippen molar-refractivity contribution >= 4 is 21.9 Å². The molecule has 0 bridgehead atoms. The fraction of sp³-hybridized carbons (Fsp3) is 0.600. The standard InChI is InChI=1S/C5H6BrNO2/c1-2-5(6,3-7)4(8)9/h2H2,1H3,(H,8,9). The second kappa shape index (κ2) is 2.83. The van der Waals surface area contributed by atoms with Gasteiger partial charge in [-0.1, -0.05) is 22.9 Å². The van der Waals surface area contributed by atoms with Gasteiger partial charge in [-0.2, -0.15) is 5.26 Å². The molecule has 0 rings (SSSR count). The van der Waals surface area contributed by atoms with Gasteiger partial charge in [-0.15, -0.1) is 0 Å². The van der Waals surface area contributed by atoms with Crippen LogP contribution >= 0.6 is 15.9 Å². The van der Waals surface area contributed by atoms with Crippen molar-refractivity contribution in [2.75, 3.05) is 0 Å². The molecule has 0 aliphatic carbocycles. The van der Waals surface area contributed by atoms with Crippen LogP contribution in [0.2, 0.25) is 0 Å². The average Bonchev–Trinajstić information content (AvgIpc) is 1.86. The number of carbonyl (C=O) groups is 1. The van der Waals surface area contributed by atoms with Crippen LogP contribution in [-0.4, -0.2) is 15.4 Å². The van der Waals surface area contributed by atoms with Crippen LogP contribution in [0, 0.1) is 11.3 Å². The Kier molecular flexibility index (Phi) is 2.65. The minimum atomic E-state index is -1.38. The van der Waals surface area contributed by atoms with Crippen molar-refractivity contribution in [3.05, 3.63) is 0 Å². The monoisotopic (exact) mass is 191 g/mol. The highest BCUT2D eigenvalue weighted by molar-refractivity contribution is 9.10. The maximum Gasteiger partial charge on any atom is 0.335 e. The molecule has 1 atom stereocenters. The molecule has 0 aliphatic rings. The van der Waals surface area contributed by atoms with E-state index in [0.717, 1.165) is 0 Å². The zero-order valence-corrected chi connectivity index (χ0v) is 6.47. The first-order valence-electron chi connectivity index (χ1n) is 2.40. The van der Waals surface area contributed by atoms with E-state index in [0.29, 0.717) is 0 Å². The first kappa shape index (κ1) is 8.44. The first-order chi connectivity index (χ1) is 4.06. The molecule has 0 radical (unpaired) electrons. The fourth-order valence-corrected chi connectivity index (χ4v) is 0.278. The summed E-state index contributed by atoms with van der Waals surface area (Å²) < 4.78 is -1.38. The molecule has 0 aromatic carbocycles. The van der Waals surface area contributed by atoms with Gasteiger partial charge in [-0.3, -0.25) is 0 Å². The molecule has 9 heavy (non-hydrogen) atoms. The van der Waals surface area contributed by atoms with Crippen LogP contribution < -0.4 is 0 Å². The predicted molar refractivity (Wildman–Crippen MR) is 35.2 cm³/mol. The van der Waals surface area contributed by atoms with E-state index in [1.165, 1.54) is 0 Å². The summed E-state index contributed by atoms with van der Waals surface area (Å²) in [6, 6.07) is 1.64. The molecule has 4 heteroatoms. The first-order valence-corrected chi connectivity index (χ1v) is 3.19. The molecule has 3 nitrogen and oxygen atoms in total. The normalized spacial score (nSPS) is 15.7. The summed E-state index contributed by atoms with van der Waals surface area (Å²) in [5.41, 5.74) is 0. The molecule has 0 saturated heterocycles. The van der Waals surface area contributed by atoms with Crippen molar-refractivity contribution in [2.24, 2.45) is 0 Å². The molecule has 0 fully saturated rings. The van der Waals surface area contributed by atoms with Gasteiger partial charge in [0.05, 0.1) is 6.07 Å². The molecule has 0 aromatic heterocycles. The molecular formula is C5H6BrNO2. The van der Waals surface area contributed by atoms with Crippen LogP contribution in [0.15, 0.2) is 0 Å². The average molecular weight is 192 g/mol. The summed E-state index contributed by atoms with van der Waals surface area (Å²) in [4.78, 5) is 10.2. The smallest absolute Gasteiger partial charge is 0.335 e. The van der Waals surface area contributed by atoms with Crippen LogP contribution in [0.1, 0.15) is 13.3 Å². The minimum Gasteiger partial charge on any atom is -0.479 e. The lowest BCUT2D eigenvalue weighted by Crippen LogP contribution is -2.28. The number of nitriles is 1. The summed E-state index contributed by atoms with van der Waals surface area (Å²) in [5.74, 6) is -1.13. The lowest BCUT2D eigenvalue weighted by atomic mass is 10.1. The predicted octanol–water partition coefficient (Wildman–Crippen LogP) is 1.14. The van der Waals surface area contributed by atoms with Gasteiger partial charge >= 0.3 is 5.97 Å². The Bertz CT molecular complexity index is 163. The number of hydrogen-bond donors (Lipinski definition) is 1. The van der Waals surface area contributed by atoms with Gasteiger partial charge < -0.3 is 5.11 Å². The second-order valence-corrected chi connectivity index (χ2v) is 2.93. The third-order valence-corrected chi connectivity index (χ3v) is 2.08. The maximum atomic E-state index is 10.2. The van der Waals surface area contributed by atoms with Crippen molar-refractivity contribution in [2.45, 2.75) is 17.7 Å². The molecule has 0 saturated carbocycles. The summed E-state index contributed by atoms with van der Waals surface area (Å²) in [6.07, 6.45) is 0.263. The number of aliphatic carboxylic acids is 1.